The Balaban J connectivity index is 1.77. The highest BCUT2D eigenvalue weighted by Gasteiger charge is 2.01. The molecule has 24 heavy (non-hydrogen) atoms. The molecule has 0 aliphatic heterocycles. The van der Waals surface area contributed by atoms with Crippen LogP contribution in [0.5, 0.6) is 5.75 Å². The first-order valence-corrected chi connectivity index (χ1v) is 7.89. The van der Waals surface area contributed by atoms with E-state index in [4.69, 9.17) is 4.74 Å². The molecule has 0 atom stereocenters. The number of ether oxygens (including phenoxy) is 1. The lowest BCUT2D eigenvalue weighted by molar-refractivity contribution is -0.123. The van der Waals surface area contributed by atoms with Crippen molar-refractivity contribution < 1.29 is 9.53 Å². The Bertz CT molecular complexity index is 677. The number of nitrogens with zero attached hydrogens (tertiary/aromatic N) is 2. The Labute approximate surface area is 142 Å². The summed E-state index contributed by atoms with van der Waals surface area (Å²) in [5.41, 5.74) is 5.71. The lowest BCUT2D eigenvalue weighted by Crippen LogP contribution is -2.24. The normalized spacial score (nSPS) is 10.6. The van der Waals surface area contributed by atoms with Gasteiger partial charge >= 0.3 is 0 Å². The highest BCUT2D eigenvalue weighted by atomic mass is 16.5. The summed E-state index contributed by atoms with van der Waals surface area (Å²) in [5, 5.41) is 3.94. The van der Waals surface area contributed by atoms with Crippen LogP contribution in [0.3, 0.4) is 0 Å². The zero-order valence-electron chi connectivity index (χ0n) is 14.3. The van der Waals surface area contributed by atoms with Gasteiger partial charge in [-0.3, -0.25) is 4.79 Å². The zero-order chi connectivity index (χ0) is 17.4. The lowest BCUT2D eigenvalue weighted by Gasteiger charge is -2.11. The minimum atomic E-state index is -0.296. The molecule has 0 saturated heterocycles. The van der Waals surface area contributed by atoms with Gasteiger partial charge in [-0.1, -0.05) is 31.2 Å². The number of aryl methyl sites for hydroxylation is 1. The first kappa shape index (κ1) is 17.5. The summed E-state index contributed by atoms with van der Waals surface area (Å²) in [5.74, 6) is 0.376. The molecule has 2 aromatic carbocycles. The molecule has 0 bridgehead atoms. The SMILES string of the molecule is CCc1ccc(OCC(=O)N/N=C\c2ccc(N(C)C)cc2)cc1. The first-order valence-electron chi connectivity index (χ1n) is 7.89. The number of rotatable bonds is 7. The van der Waals surface area contributed by atoms with Gasteiger partial charge in [0.1, 0.15) is 5.75 Å². The fraction of sp³-hybridized carbons (Fsp3) is 0.263. The van der Waals surface area contributed by atoms with Crippen LogP contribution in [-0.2, 0) is 11.2 Å². The molecule has 2 rings (SSSR count). The van der Waals surface area contributed by atoms with Crippen molar-refractivity contribution in [2.24, 2.45) is 5.10 Å². The van der Waals surface area contributed by atoms with Crippen LogP contribution in [0.4, 0.5) is 5.69 Å². The highest BCUT2D eigenvalue weighted by Crippen LogP contribution is 2.12. The number of amides is 1. The summed E-state index contributed by atoms with van der Waals surface area (Å²) in [7, 11) is 3.97. The summed E-state index contributed by atoms with van der Waals surface area (Å²) in [6.45, 7) is 2.03. The van der Waals surface area contributed by atoms with Crippen molar-refractivity contribution in [2.75, 3.05) is 25.6 Å². The molecule has 5 nitrogen and oxygen atoms in total. The number of hydrogen-bond acceptors (Lipinski definition) is 4. The maximum absolute atomic E-state index is 11.7. The molecule has 1 amide bonds. The molecule has 2 aromatic rings. The smallest absolute Gasteiger partial charge is 0.277 e. The van der Waals surface area contributed by atoms with E-state index >= 15 is 0 Å². The predicted octanol–water partition coefficient (Wildman–Crippen LogP) is 2.84. The number of hydrogen-bond donors (Lipinski definition) is 1. The van der Waals surface area contributed by atoms with Gasteiger partial charge in [0.15, 0.2) is 6.61 Å². The van der Waals surface area contributed by atoms with Crippen LogP contribution in [0, 0.1) is 0 Å². The Hall–Kier alpha value is -2.82. The van der Waals surface area contributed by atoms with Crippen molar-refractivity contribution in [2.45, 2.75) is 13.3 Å². The summed E-state index contributed by atoms with van der Waals surface area (Å²) < 4.78 is 5.42. The van der Waals surface area contributed by atoms with Crippen molar-refractivity contribution in [3.05, 3.63) is 59.7 Å². The Morgan fingerprint density at radius 2 is 1.79 bits per heavy atom. The zero-order valence-corrected chi connectivity index (χ0v) is 14.3. The largest absolute Gasteiger partial charge is 0.484 e. The van der Waals surface area contributed by atoms with Crippen molar-refractivity contribution in [3.63, 3.8) is 0 Å². The highest BCUT2D eigenvalue weighted by molar-refractivity contribution is 5.83. The number of hydrazone groups is 1. The fourth-order valence-corrected chi connectivity index (χ4v) is 2.04. The van der Waals surface area contributed by atoms with E-state index in [1.807, 2.05) is 67.5 Å². The second kappa shape index (κ2) is 8.72. The molecule has 0 radical (unpaired) electrons. The van der Waals surface area contributed by atoms with E-state index in [-0.39, 0.29) is 12.5 Å². The molecule has 5 heteroatoms. The molecule has 0 heterocycles. The van der Waals surface area contributed by atoms with E-state index in [2.05, 4.69) is 17.5 Å². The van der Waals surface area contributed by atoms with Crippen LogP contribution in [0.2, 0.25) is 0 Å². The Morgan fingerprint density at radius 1 is 1.12 bits per heavy atom. The Kier molecular flexibility index (Phi) is 6.37. The lowest BCUT2D eigenvalue weighted by atomic mass is 10.2. The van der Waals surface area contributed by atoms with Gasteiger partial charge in [0.05, 0.1) is 6.21 Å². The first-order chi connectivity index (χ1) is 11.6. The Morgan fingerprint density at radius 3 is 2.38 bits per heavy atom. The molecular weight excluding hydrogens is 302 g/mol. The molecule has 1 N–H and O–H groups in total. The van der Waals surface area contributed by atoms with Crippen molar-refractivity contribution >= 4 is 17.8 Å². The van der Waals surface area contributed by atoms with Gasteiger partial charge in [0.25, 0.3) is 5.91 Å². The van der Waals surface area contributed by atoms with Gasteiger partial charge in [0, 0.05) is 19.8 Å². The second-order valence-corrected chi connectivity index (χ2v) is 5.57. The average molecular weight is 325 g/mol. The summed E-state index contributed by atoms with van der Waals surface area (Å²) in [6, 6.07) is 15.6. The molecule has 0 saturated carbocycles. The van der Waals surface area contributed by atoms with Crippen molar-refractivity contribution in [1.29, 1.82) is 0 Å². The van der Waals surface area contributed by atoms with Crippen LogP contribution < -0.4 is 15.1 Å². The van der Waals surface area contributed by atoms with Crippen LogP contribution in [0.1, 0.15) is 18.1 Å². The standard InChI is InChI=1S/C19H23N3O2/c1-4-15-7-11-18(12-8-15)24-14-19(23)21-20-13-16-5-9-17(10-6-16)22(2)3/h5-13H,4,14H2,1-3H3,(H,21,23)/b20-13-. The van der Waals surface area contributed by atoms with E-state index < -0.39 is 0 Å². The van der Waals surface area contributed by atoms with Crippen LogP contribution in [0.15, 0.2) is 53.6 Å². The van der Waals surface area contributed by atoms with Gasteiger partial charge in [-0.05, 0) is 41.8 Å². The van der Waals surface area contributed by atoms with Gasteiger partial charge < -0.3 is 9.64 Å². The molecule has 0 aliphatic carbocycles. The number of carbonyl (C=O) groups excluding carboxylic acids is 1. The van der Waals surface area contributed by atoms with Gasteiger partial charge in [0.2, 0.25) is 0 Å². The fourth-order valence-electron chi connectivity index (χ4n) is 2.04. The van der Waals surface area contributed by atoms with E-state index in [1.165, 1.54) is 5.56 Å². The minimum absolute atomic E-state index is 0.0671. The molecule has 0 aromatic heterocycles. The maximum atomic E-state index is 11.7. The topological polar surface area (TPSA) is 53.9 Å². The third-order valence-electron chi connectivity index (χ3n) is 3.51. The van der Waals surface area contributed by atoms with Crippen molar-refractivity contribution in [3.8, 4) is 5.75 Å². The number of anilines is 1. The number of carbonyl (C=O) groups is 1. The average Bonchev–Trinajstić information content (AvgIpc) is 2.61. The molecule has 0 fully saturated rings. The number of nitrogens with one attached hydrogen (secondary N) is 1. The van der Waals surface area contributed by atoms with Crippen molar-refractivity contribution in [1.82, 2.24) is 5.43 Å². The predicted molar refractivity (Wildman–Crippen MR) is 97.8 cm³/mol. The van der Waals surface area contributed by atoms with Crippen LogP contribution in [0.25, 0.3) is 0 Å². The summed E-state index contributed by atoms with van der Waals surface area (Å²) in [4.78, 5) is 13.7. The second-order valence-electron chi connectivity index (χ2n) is 5.57. The molecule has 0 aliphatic rings. The molecular formula is C19H23N3O2. The summed E-state index contributed by atoms with van der Waals surface area (Å²) >= 11 is 0. The quantitative estimate of drug-likeness (QED) is 0.629. The monoisotopic (exact) mass is 325 g/mol. The van der Waals surface area contributed by atoms with Crippen LogP contribution in [-0.4, -0.2) is 32.8 Å². The van der Waals surface area contributed by atoms with Gasteiger partial charge in [-0.15, -0.1) is 0 Å². The van der Waals surface area contributed by atoms with E-state index in [1.54, 1.807) is 6.21 Å². The molecule has 0 spiro atoms. The van der Waals surface area contributed by atoms with E-state index in [9.17, 15) is 4.79 Å². The summed E-state index contributed by atoms with van der Waals surface area (Å²) in [6.07, 6.45) is 2.58. The third-order valence-corrected chi connectivity index (χ3v) is 3.51. The van der Waals surface area contributed by atoms with Gasteiger partial charge in [-0.2, -0.15) is 5.10 Å². The third kappa shape index (κ3) is 5.43. The van der Waals surface area contributed by atoms with E-state index in [0.29, 0.717) is 5.75 Å². The molecule has 126 valence electrons. The number of benzene rings is 2. The van der Waals surface area contributed by atoms with Gasteiger partial charge in [-0.25, -0.2) is 5.43 Å². The van der Waals surface area contributed by atoms with E-state index in [0.717, 1.165) is 17.7 Å². The minimum Gasteiger partial charge on any atom is -0.484 e. The van der Waals surface area contributed by atoms with Crippen LogP contribution >= 0.6 is 0 Å². The maximum Gasteiger partial charge on any atom is 0.277 e. The molecule has 0 unspecified atom stereocenters.